The molecule has 1 heterocycles. The zero-order valence-electron chi connectivity index (χ0n) is 32.2. The number of nitrogens with zero attached hydrogens (tertiary/aromatic N) is 2. The van der Waals surface area contributed by atoms with Gasteiger partial charge in [0.1, 0.15) is 0 Å². The van der Waals surface area contributed by atoms with Crippen LogP contribution in [0.4, 0.5) is 34.1 Å². The SMILES string of the molecule is CC1(C)c2ccccc2-c2ccc(N(c3ccccc3)c3ccc4c(c3)C(C)(C)c3c(ccc5c6ccccc6c6ccccc6c35)N4c3ccccc3)cc21. The molecule has 2 heteroatoms. The molecule has 0 radical (unpaired) electrons. The van der Waals surface area contributed by atoms with E-state index in [9.17, 15) is 0 Å². The number of hydrogen-bond donors (Lipinski definition) is 0. The molecule has 0 aromatic heterocycles. The topological polar surface area (TPSA) is 6.48 Å². The van der Waals surface area contributed by atoms with Crippen molar-refractivity contribution >= 4 is 66.4 Å². The molecule has 268 valence electrons. The summed E-state index contributed by atoms with van der Waals surface area (Å²) in [6.45, 7) is 9.59. The zero-order valence-corrected chi connectivity index (χ0v) is 32.2. The van der Waals surface area contributed by atoms with Crippen molar-refractivity contribution in [1.82, 2.24) is 0 Å². The summed E-state index contributed by atoms with van der Waals surface area (Å²) in [6.07, 6.45) is 0. The van der Waals surface area contributed by atoms with Crippen LogP contribution in [0, 0.1) is 0 Å². The van der Waals surface area contributed by atoms with Gasteiger partial charge in [-0.05, 0) is 126 Å². The first-order valence-electron chi connectivity index (χ1n) is 19.8. The summed E-state index contributed by atoms with van der Waals surface area (Å²) in [5.74, 6) is 0. The lowest BCUT2D eigenvalue weighted by atomic mass is 9.70. The van der Waals surface area contributed by atoms with Gasteiger partial charge in [-0.1, -0.05) is 149 Å². The quantitative estimate of drug-likeness (QED) is 0.167. The fraction of sp³-hybridized carbons (Fsp3) is 0.111. The summed E-state index contributed by atoms with van der Waals surface area (Å²) in [7, 11) is 0. The van der Waals surface area contributed by atoms with Crippen LogP contribution in [0.2, 0.25) is 0 Å². The molecule has 0 amide bonds. The Kier molecular flexibility index (Phi) is 6.98. The van der Waals surface area contributed by atoms with Crippen molar-refractivity contribution in [2.45, 2.75) is 38.5 Å². The van der Waals surface area contributed by atoms with E-state index in [0.717, 1.165) is 22.7 Å². The summed E-state index contributed by atoms with van der Waals surface area (Å²) in [5, 5.41) is 7.81. The van der Waals surface area contributed by atoms with Crippen molar-refractivity contribution in [3.05, 3.63) is 204 Å². The predicted octanol–water partition coefficient (Wildman–Crippen LogP) is 15.0. The highest BCUT2D eigenvalue weighted by molar-refractivity contribution is 6.27. The van der Waals surface area contributed by atoms with Gasteiger partial charge in [-0.2, -0.15) is 0 Å². The third-order valence-corrected chi connectivity index (χ3v) is 12.8. The second kappa shape index (κ2) is 11.9. The van der Waals surface area contributed by atoms with Crippen LogP contribution in [0.15, 0.2) is 182 Å². The molecule has 0 N–H and O–H groups in total. The first kappa shape index (κ1) is 32.8. The Hall–Kier alpha value is -6.64. The lowest BCUT2D eigenvalue weighted by Gasteiger charge is -2.43. The number of hydrogen-bond acceptors (Lipinski definition) is 2. The van der Waals surface area contributed by atoms with Crippen molar-refractivity contribution in [2.24, 2.45) is 0 Å². The molecule has 1 aliphatic heterocycles. The van der Waals surface area contributed by atoms with Gasteiger partial charge in [-0.15, -0.1) is 0 Å². The first-order chi connectivity index (χ1) is 27.3. The van der Waals surface area contributed by atoms with E-state index >= 15 is 0 Å². The van der Waals surface area contributed by atoms with Crippen LogP contribution in [0.25, 0.3) is 43.4 Å². The average Bonchev–Trinajstić information content (AvgIpc) is 3.47. The highest BCUT2D eigenvalue weighted by atomic mass is 15.2. The van der Waals surface area contributed by atoms with Crippen molar-refractivity contribution < 1.29 is 0 Å². The molecule has 2 nitrogen and oxygen atoms in total. The molecule has 0 saturated heterocycles. The van der Waals surface area contributed by atoms with E-state index in [1.54, 1.807) is 0 Å². The zero-order chi connectivity index (χ0) is 37.8. The molecule has 11 rings (SSSR count). The third-order valence-electron chi connectivity index (χ3n) is 12.8. The number of fused-ring (bicyclic) bond motifs is 12. The molecule has 56 heavy (non-hydrogen) atoms. The van der Waals surface area contributed by atoms with Crippen molar-refractivity contribution in [1.29, 1.82) is 0 Å². The van der Waals surface area contributed by atoms with E-state index in [0.29, 0.717) is 0 Å². The number of para-hydroxylation sites is 2. The number of anilines is 6. The van der Waals surface area contributed by atoms with Gasteiger partial charge >= 0.3 is 0 Å². The van der Waals surface area contributed by atoms with Crippen LogP contribution in [0.3, 0.4) is 0 Å². The molecular formula is C54H42N2. The Labute approximate surface area is 328 Å². The fourth-order valence-electron chi connectivity index (χ4n) is 10.1. The molecule has 1 aliphatic carbocycles. The normalized spacial score (nSPS) is 14.7. The molecule has 9 aromatic carbocycles. The smallest absolute Gasteiger partial charge is 0.0509 e. The monoisotopic (exact) mass is 718 g/mol. The van der Waals surface area contributed by atoms with Crippen LogP contribution in [0.5, 0.6) is 0 Å². The van der Waals surface area contributed by atoms with Gasteiger partial charge in [0.25, 0.3) is 0 Å². The van der Waals surface area contributed by atoms with E-state index in [1.807, 2.05) is 0 Å². The Bertz CT molecular complexity index is 2990. The summed E-state index contributed by atoms with van der Waals surface area (Å²) < 4.78 is 0. The summed E-state index contributed by atoms with van der Waals surface area (Å²) in [4.78, 5) is 4.94. The lowest BCUT2D eigenvalue weighted by Crippen LogP contribution is -2.31. The van der Waals surface area contributed by atoms with Gasteiger partial charge in [0.2, 0.25) is 0 Å². The minimum atomic E-state index is -0.347. The Morgan fingerprint density at radius 3 is 1.61 bits per heavy atom. The number of benzene rings is 9. The highest BCUT2D eigenvalue weighted by Crippen LogP contribution is 2.57. The number of rotatable bonds is 4. The van der Waals surface area contributed by atoms with Crippen molar-refractivity contribution in [3.8, 4) is 11.1 Å². The van der Waals surface area contributed by atoms with E-state index in [-0.39, 0.29) is 10.8 Å². The van der Waals surface area contributed by atoms with E-state index in [2.05, 4.69) is 219 Å². The maximum absolute atomic E-state index is 2.49. The predicted molar refractivity (Wildman–Crippen MR) is 238 cm³/mol. The van der Waals surface area contributed by atoms with Crippen LogP contribution in [-0.2, 0) is 10.8 Å². The average molecular weight is 719 g/mol. The van der Waals surface area contributed by atoms with E-state index in [4.69, 9.17) is 0 Å². The maximum atomic E-state index is 2.49. The Morgan fingerprint density at radius 2 is 0.893 bits per heavy atom. The molecule has 0 atom stereocenters. The molecule has 0 bridgehead atoms. The van der Waals surface area contributed by atoms with Gasteiger partial charge in [0.05, 0.1) is 11.4 Å². The molecule has 0 spiro atoms. The van der Waals surface area contributed by atoms with Crippen LogP contribution in [0.1, 0.15) is 49.9 Å². The molecule has 0 saturated carbocycles. The third kappa shape index (κ3) is 4.56. The van der Waals surface area contributed by atoms with Crippen molar-refractivity contribution in [3.63, 3.8) is 0 Å². The second-order valence-electron chi connectivity index (χ2n) is 16.5. The van der Waals surface area contributed by atoms with Crippen LogP contribution < -0.4 is 9.80 Å². The minimum Gasteiger partial charge on any atom is -0.310 e. The summed E-state index contributed by atoms with van der Waals surface area (Å²) in [5.41, 5.74) is 14.7. The standard InChI is InChI=1S/C54H42N2/c1-53(2)46-26-16-15-24-42(46)43-29-27-37(33-47(43)53)55(35-17-7-5-8-18-35)38-28-31-49-48(34-38)54(3,4)52-50(56(49)36-19-9-6-10-20-36)32-30-45-41-23-12-11-21-39(41)40-22-13-14-25-44(40)51(45)52/h5-34H,1-4H3. The summed E-state index contributed by atoms with van der Waals surface area (Å²) in [6, 6.07) is 67.5. The maximum Gasteiger partial charge on any atom is 0.0509 e. The largest absolute Gasteiger partial charge is 0.310 e. The fourth-order valence-corrected chi connectivity index (χ4v) is 10.1. The van der Waals surface area contributed by atoms with Gasteiger partial charge < -0.3 is 9.80 Å². The Morgan fingerprint density at radius 1 is 0.375 bits per heavy atom. The van der Waals surface area contributed by atoms with E-state index in [1.165, 1.54) is 77.1 Å². The highest BCUT2D eigenvalue weighted by Gasteiger charge is 2.40. The first-order valence-corrected chi connectivity index (χ1v) is 19.8. The van der Waals surface area contributed by atoms with Gasteiger partial charge in [-0.25, -0.2) is 0 Å². The molecule has 0 unspecified atom stereocenters. The molecule has 2 aliphatic rings. The van der Waals surface area contributed by atoms with E-state index < -0.39 is 0 Å². The van der Waals surface area contributed by atoms with Crippen LogP contribution >= 0.6 is 0 Å². The summed E-state index contributed by atoms with van der Waals surface area (Å²) >= 11 is 0. The van der Waals surface area contributed by atoms with Gasteiger partial charge in [0, 0.05) is 33.6 Å². The Balaban J connectivity index is 1.18. The van der Waals surface area contributed by atoms with Crippen LogP contribution in [-0.4, -0.2) is 0 Å². The second-order valence-corrected chi connectivity index (χ2v) is 16.5. The van der Waals surface area contributed by atoms with Gasteiger partial charge in [-0.3, -0.25) is 0 Å². The minimum absolute atomic E-state index is 0.101. The molecular weight excluding hydrogens is 677 g/mol. The van der Waals surface area contributed by atoms with Gasteiger partial charge in [0.15, 0.2) is 0 Å². The molecule has 9 aromatic rings. The van der Waals surface area contributed by atoms with Crippen molar-refractivity contribution in [2.75, 3.05) is 9.80 Å². The lowest BCUT2D eigenvalue weighted by molar-refractivity contribution is 0.638. The molecule has 0 fully saturated rings.